The summed E-state index contributed by atoms with van der Waals surface area (Å²) in [6, 6.07) is 0. The van der Waals surface area contributed by atoms with Crippen LogP contribution in [-0.2, 0) is 0 Å². The van der Waals surface area contributed by atoms with E-state index in [1.54, 1.807) is 0 Å². The Hall–Kier alpha value is -2.38. The number of fused-ring (bicyclic) bond motifs is 1. The van der Waals surface area contributed by atoms with Crippen LogP contribution in [0.3, 0.4) is 0 Å². The first kappa shape index (κ1) is 9.19. The Morgan fingerprint density at radius 2 is 2.40 bits per heavy atom. The Balaban J connectivity index is 2.55. The normalized spacial score (nSPS) is 14.5. The van der Waals surface area contributed by atoms with E-state index in [9.17, 15) is 4.79 Å². The fraction of sp³-hybridized carbons (Fsp3) is 0.143. The number of nitrogens with one attached hydrogen (secondary N) is 2. The maximum Gasteiger partial charge on any atom is 0.280 e. The number of nitrogens with zero attached hydrogens (tertiary/aromatic N) is 3. The third-order valence-corrected chi connectivity index (χ3v) is 1.81. The van der Waals surface area contributed by atoms with E-state index in [2.05, 4.69) is 25.4 Å². The molecule has 0 radical (unpaired) electrons. The van der Waals surface area contributed by atoms with Gasteiger partial charge in [0.05, 0.1) is 18.5 Å². The van der Waals surface area contributed by atoms with Crippen LogP contribution in [0, 0.1) is 0 Å². The monoisotopic (exact) mass is 208 g/mol. The molecule has 8 nitrogen and oxygen atoms in total. The van der Waals surface area contributed by atoms with Gasteiger partial charge in [0.1, 0.15) is 0 Å². The molecular formula is C7H8N6O2. The molecule has 0 fully saturated rings. The molecule has 78 valence electrons. The summed E-state index contributed by atoms with van der Waals surface area (Å²) in [7, 11) is 0. The van der Waals surface area contributed by atoms with Gasteiger partial charge in [-0.15, -0.1) is 0 Å². The van der Waals surface area contributed by atoms with Crippen LogP contribution in [0.15, 0.2) is 14.9 Å². The van der Waals surface area contributed by atoms with Gasteiger partial charge in [-0.05, 0) is 0 Å². The highest BCUT2D eigenvalue weighted by atomic mass is 16.4. The molecule has 1 aromatic heterocycles. The summed E-state index contributed by atoms with van der Waals surface area (Å²) in [5.74, 6) is 0.354. The van der Waals surface area contributed by atoms with Gasteiger partial charge < -0.3 is 16.3 Å². The Kier molecular flexibility index (Phi) is 2.08. The van der Waals surface area contributed by atoms with Crippen LogP contribution < -0.4 is 16.6 Å². The largest absolute Gasteiger partial charge is 0.411 e. The van der Waals surface area contributed by atoms with Gasteiger partial charge in [-0.3, -0.25) is 9.78 Å². The van der Waals surface area contributed by atoms with E-state index < -0.39 is 5.56 Å². The molecule has 0 aromatic carbocycles. The molecule has 0 atom stereocenters. The topological polar surface area (TPSA) is 129 Å². The van der Waals surface area contributed by atoms with Crippen LogP contribution in [0.5, 0.6) is 0 Å². The standard InChI is InChI=1S/C7H8N6O2/c8-7-12-5-4(6(14)13-7)11-3(1-9-5)2-10-15/h2,15H,1H2,(H4,8,9,12,13,14)/b10-2+. The Morgan fingerprint density at radius 1 is 1.60 bits per heavy atom. The summed E-state index contributed by atoms with van der Waals surface area (Å²) in [5, 5.41) is 14.0. The predicted octanol–water partition coefficient (Wildman–Crippen LogP) is -0.690. The summed E-state index contributed by atoms with van der Waals surface area (Å²) in [5.41, 5.74) is 5.48. The first-order valence-electron chi connectivity index (χ1n) is 4.09. The highest BCUT2D eigenvalue weighted by molar-refractivity contribution is 6.33. The average Bonchev–Trinajstić information content (AvgIpc) is 2.19. The van der Waals surface area contributed by atoms with Gasteiger partial charge in [0, 0.05) is 0 Å². The minimum Gasteiger partial charge on any atom is -0.411 e. The maximum absolute atomic E-state index is 11.4. The number of hydrogen-bond acceptors (Lipinski definition) is 7. The second-order valence-electron chi connectivity index (χ2n) is 2.85. The number of oxime groups is 1. The van der Waals surface area contributed by atoms with Gasteiger partial charge in [-0.25, -0.2) is 4.99 Å². The molecule has 15 heavy (non-hydrogen) atoms. The molecule has 1 aromatic rings. The van der Waals surface area contributed by atoms with Crippen molar-refractivity contribution >= 4 is 29.4 Å². The minimum absolute atomic E-state index is 0.0284. The molecule has 1 aliphatic heterocycles. The lowest BCUT2D eigenvalue weighted by Crippen LogP contribution is -2.24. The van der Waals surface area contributed by atoms with Gasteiger partial charge in [0.15, 0.2) is 11.5 Å². The molecule has 0 saturated carbocycles. The number of H-pyrrole nitrogens is 1. The van der Waals surface area contributed by atoms with Crippen molar-refractivity contribution in [1.29, 1.82) is 0 Å². The highest BCUT2D eigenvalue weighted by Gasteiger charge is 2.15. The highest BCUT2D eigenvalue weighted by Crippen LogP contribution is 2.20. The van der Waals surface area contributed by atoms with Gasteiger partial charge in [0.2, 0.25) is 5.95 Å². The van der Waals surface area contributed by atoms with Crippen molar-refractivity contribution < 1.29 is 5.21 Å². The van der Waals surface area contributed by atoms with Crippen LogP contribution in [0.1, 0.15) is 0 Å². The van der Waals surface area contributed by atoms with Crippen LogP contribution in [0.2, 0.25) is 0 Å². The van der Waals surface area contributed by atoms with E-state index in [-0.39, 0.29) is 11.6 Å². The van der Waals surface area contributed by atoms with Gasteiger partial charge >= 0.3 is 0 Å². The lowest BCUT2D eigenvalue weighted by Gasteiger charge is -2.13. The summed E-state index contributed by atoms with van der Waals surface area (Å²) < 4.78 is 0. The average molecular weight is 208 g/mol. The van der Waals surface area contributed by atoms with Gasteiger partial charge in [-0.2, -0.15) is 4.98 Å². The second kappa shape index (κ2) is 3.40. The first-order valence-corrected chi connectivity index (χ1v) is 4.09. The third-order valence-electron chi connectivity index (χ3n) is 1.81. The van der Waals surface area contributed by atoms with Crippen molar-refractivity contribution in [3.63, 3.8) is 0 Å². The van der Waals surface area contributed by atoms with E-state index in [1.807, 2.05) is 0 Å². The first-order chi connectivity index (χ1) is 7.20. The summed E-state index contributed by atoms with van der Waals surface area (Å²) in [4.78, 5) is 21.5. The van der Waals surface area contributed by atoms with Crippen LogP contribution >= 0.6 is 0 Å². The fourth-order valence-corrected chi connectivity index (χ4v) is 1.21. The van der Waals surface area contributed by atoms with Crippen molar-refractivity contribution in [2.45, 2.75) is 0 Å². The molecule has 0 bridgehead atoms. The quantitative estimate of drug-likeness (QED) is 0.276. The summed E-state index contributed by atoms with van der Waals surface area (Å²) in [6.07, 6.45) is 1.14. The number of nitrogen functional groups attached to an aromatic ring is 1. The van der Waals surface area contributed by atoms with Crippen molar-refractivity contribution in [3.05, 3.63) is 10.4 Å². The number of aliphatic imine (C=N–C) groups is 1. The van der Waals surface area contributed by atoms with Gasteiger partial charge in [-0.1, -0.05) is 5.16 Å². The van der Waals surface area contributed by atoms with E-state index in [0.29, 0.717) is 18.1 Å². The predicted molar refractivity (Wildman–Crippen MR) is 55.1 cm³/mol. The molecule has 0 amide bonds. The molecule has 0 aliphatic carbocycles. The zero-order valence-corrected chi connectivity index (χ0v) is 7.56. The summed E-state index contributed by atoms with van der Waals surface area (Å²) >= 11 is 0. The van der Waals surface area contributed by atoms with E-state index in [4.69, 9.17) is 10.9 Å². The van der Waals surface area contributed by atoms with Crippen LogP contribution in [-0.4, -0.2) is 33.6 Å². The number of rotatable bonds is 1. The second-order valence-corrected chi connectivity index (χ2v) is 2.85. The molecule has 0 spiro atoms. The van der Waals surface area contributed by atoms with Crippen molar-refractivity contribution in [2.24, 2.45) is 10.1 Å². The Bertz CT molecular complexity index is 503. The zero-order valence-electron chi connectivity index (χ0n) is 7.56. The molecule has 0 saturated heterocycles. The molecule has 5 N–H and O–H groups in total. The number of aromatic nitrogens is 2. The fourth-order valence-electron chi connectivity index (χ4n) is 1.21. The van der Waals surface area contributed by atoms with E-state index in [0.717, 1.165) is 6.21 Å². The molecule has 2 heterocycles. The molecule has 1 aliphatic rings. The van der Waals surface area contributed by atoms with E-state index >= 15 is 0 Å². The number of nitrogens with two attached hydrogens (primary N) is 1. The molecule has 2 rings (SSSR count). The third kappa shape index (κ3) is 1.64. The van der Waals surface area contributed by atoms with E-state index in [1.165, 1.54) is 0 Å². The maximum atomic E-state index is 11.4. The Labute approximate surface area is 83.5 Å². The lowest BCUT2D eigenvalue weighted by atomic mass is 10.3. The Morgan fingerprint density at radius 3 is 3.13 bits per heavy atom. The number of aromatic amines is 1. The summed E-state index contributed by atoms with van der Waals surface area (Å²) in [6.45, 7) is 0.326. The molecule has 0 unspecified atom stereocenters. The van der Waals surface area contributed by atoms with Crippen molar-refractivity contribution in [1.82, 2.24) is 9.97 Å². The molecular weight excluding hydrogens is 200 g/mol. The number of hydrogen-bond donors (Lipinski definition) is 4. The smallest absolute Gasteiger partial charge is 0.280 e. The number of anilines is 2. The SMILES string of the molecule is Nc1nc2c(c(=O)[nH]1)N=C(/C=N/O)CN2. The van der Waals surface area contributed by atoms with Crippen LogP contribution in [0.4, 0.5) is 17.5 Å². The van der Waals surface area contributed by atoms with Crippen molar-refractivity contribution in [3.8, 4) is 0 Å². The van der Waals surface area contributed by atoms with Gasteiger partial charge in [0.25, 0.3) is 5.56 Å². The zero-order chi connectivity index (χ0) is 10.8. The van der Waals surface area contributed by atoms with Crippen LogP contribution in [0.25, 0.3) is 0 Å². The molecule has 8 heteroatoms. The minimum atomic E-state index is -0.437. The lowest BCUT2D eigenvalue weighted by molar-refractivity contribution is 0.322. The van der Waals surface area contributed by atoms with Crippen molar-refractivity contribution in [2.75, 3.05) is 17.6 Å².